The topological polar surface area (TPSA) is 79.7 Å². The Kier molecular flexibility index (Phi) is 4.93. The molecule has 8 heteroatoms. The van der Waals surface area contributed by atoms with Crippen LogP contribution in [0.15, 0.2) is 72.3 Å². The van der Waals surface area contributed by atoms with Gasteiger partial charge in [-0.25, -0.2) is 9.37 Å². The number of rotatable bonds is 3. The number of aliphatic hydroxyl groups is 1. The maximum atomic E-state index is 13.8. The molecule has 2 aliphatic heterocycles. The van der Waals surface area contributed by atoms with Crippen LogP contribution < -0.4 is 9.64 Å². The lowest BCUT2D eigenvalue weighted by molar-refractivity contribution is -0.132. The number of aliphatic hydroxyl groups excluding tert-OH is 1. The van der Waals surface area contributed by atoms with Gasteiger partial charge in [0.05, 0.1) is 21.8 Å². The van der Waals surface area contributed by atoms with Gasteiger partial charge in [-0.15, -0.1) is 0 Å². The third-order valence-corrected chi connectivity index (χ3v) is 7.29. The van der Waals surface area contributed by atoms with Crippen molar-refractivity contribution in [2.45, 2.75) is 25.5 Å². The number of thiazole rings is 1. The van der Waals surface area contributed by atoms with Crippen LogP contribution in [0.25, 0.3) is 16.0 Å². The highest BCUT2D eigenvalue weighted by atomic mass is 32.1. The number of carbonyl (C=O) groups is 2. The van der Waals surface area contributed by atoms with Gasteiger partial charge in [0.15, 0.2) is 5.13 Å². The predicted octanol–water partition coefficient (Wildman–Crippen LogP) is 5.39. The maximum Gasteiger partial charge on any atom is 0.301 e. The average molecular weight is 487 g/mol. The molecule has 0 bridgehead atoms. The van der Waals surface area contributed by atoms with E-state index in [2.05, 4.69) is 4.98 Å². The van der Waals surface area contributed by atoms with E-state index in [1.54, 1.807) is 42.5 Å². The molecule has 3 heterocycles. The summed E-state index contributed by atoms with van der Waals surface area (Å²) in [7, 11) is 0. The molecule has 0 saturated carbocycles. The fourth-order valence-corrected chi connectivity index (χ4v) is 5.71. The molecule has 35 heavy (non-hydrogen) atoms. The van der Waals surface area contributed by atoms with Crippen molar-refractivity contribution in [3.63, 3.8) is 0 Å². The van der Waals surface area contributed by atoms with Gasteiger partial charge < -0.3 is 9.84 Å². The molecular weight excluding hydrogens is 467 g/mol. The van der Waals surface area contributed by atoms with Gasteiger partial charge >= 0.3 is 5.91 Å². The van der Waals surface area contributed by atoms with Crippen molar-refractivity contribution >= 4 is 44.1 Å². The molecule has 2 aliphatic rings. The third kappa shape index (κ3) is 3.49. The first-order chi connectivity index (χ1) is 16.9. The number of carbonyl (C=O) groups excluding carboxylic acids is 2. The zero-order valence-electron chi connectivity index (χ0n) is 18.6. The van der Waals surface area contributed by atoms with Gasteiger partial charge in [-0.3, -0.25) is 14.5 Å². The Morgan fingerprint density at radius 3 is 2.71 bits per heavy atom. The Hall–Kier alpha value is -4.04. The fourth-order valence-electron chi connectivity index (χ4n) is 4.69. The van der Waals surface area contributed by atoms with Crippen LogP contribution in [0.4, 0.5) is 9.52 Å². The van der Waals surface area contributed by atoms with Crippen molar-refractivity contribution in [3.8, 4) is 5.75 Å². The number of anilines is 1. The largest absolute Gasteiger partial charge is 0.507 e. The Bertz CT molecular complexity index is 1550. The molecule has 2 unspecified atom stereocenters. The summed E-state index contributed by atoms with van der Waals surface area (Å²) in [5, 5.41) is 11.6. The minimum Gasteiger partial charge on any atom is -0.507 e. The number of halogens is 1. The van der Waals surface area contributed by atoms with Crippen molar-refractivity contribution in [1.82, 2.24) is 4.98 Å². The summed E-state index contributed by atoms with van der Waals surface area (Å²) in [6.07, 6.45) is 0.719. The first kappa shape index (κ1) is 21.5. The smallest absolute Gasteiger partial charge is 0.301 e. The van der Waals surface area contributed by atoms with E-state index in [1.807, 2.05) is 13.0 Å². The van der Waals surface area contributed by atoms with Gasteiger partial charge in [0.25, 0.3) is 5.78 Å². The van der Waals surface area contributed by atoms with E-state index < -0.39 is 23.5 Å². The summed E-state index contributed by atoms with van der Waals surface area (Å²) >= 11 is 1.12. The van der Waals surface area contributed by atoms with Crippen LogP contribution in [0, 0.1) is 5.82 Å². The van der Waals surface area contributed by atoms with Crippen LogP contribution in [0.3, 0.4) is 0 Å². The number of hydrogen-bond donors (Lipinski definition) is 1. The summed E-state index contributed by atoms with van der Waals surface area (Å²) in [5.41, 5.74) is 2.52. The lowest BCUT2D eigenvalue weighted by atomic mass is 9.94. The van der Waals surface area contributed by atoms with E-state index >= 15 is 0 Å². The van der Waals surface area contributed by atoms with Crippen LogP contribution in [-0.2, 0) is 16.0 Å². The molecule has 0 spiro atoms. The molecule has 1 saturated heterocycles. The molecule has 1 N–H and O–H groups in total. The van der Waals surface area contributed by atoms with Crippen molar-refractivity contribution < 1.29 is 23.8 Å². The molecule has 1 fully saturated rings. The monoisotopic (exact) mass is 486 g/mol. The highest BCUT2D eigenvalue weighted by Gasteiger charge is 2.48. The highest BCUT2D eigenvalue weighted by molar-refractivity contribution is 7.22. The molecule has 0 aliphatic carbocycles. The Labute approximate surface area is 203 Å². The quantitative estimate of drug-likeness (QED) is 0.239. The van der Waals surface area contributed by atoms with Crippen molar-refractivity contribution in [2.24, 2.45) is 0 Å². The van der Waals surface area contributed by atoms with Crippen molar-refractivity contribution in [3.05, 3.63) is 94.8 Å². The van der Waals surface area contributed by atoms with Crippen molar-refractivity contribution in [2.75, 3.05) is 4.90 Å². The maximum absolute atomic E-state index is 13.8. The molecule has 3 aromatic carbocycles. The van der Waals surface area contributed by atoms with E-state index in [9.17, 15) is 19.1 Å². The fraction of sp³-hybridized carbons (Fsp3) is 0.148. The summed E-state index contributed by atoms with van der Waals surface area (Å²) in [4.78, 5) is 32.4. The number of ether oxygens (including phenoxy) is 1. The lowest BCUT2D eigenvalue weighted by Crippen LogP contribution is -2.29. The van der Waals surface area contributed by atoms with Gasteiger partial charge in [-0.05, 0) is 54.4 Å². The number of amides is 1. The second-order valence-corrected chi connectivity index (χ2v) is 9.65. The summed E-state index contributed by atoms with van der Waals surface area (Å²) in [6.45, 7) is 1.96. The molecule has 1 amide bonds. The number of aromatic nitrogens is 1. The van der Waals surface area contributed by atoms with Gasteiger partial charge in [0, 0.05) is 12.0 Å². The number of fused-ring (bicyclic) bond motifs is 2. The Morgan fingerprint density at radius 2 is 1.91 bits per heavy atom. The minimum atomic E-state index is -0.884. The molecule has 2 atom stereocenters. The zero-order valence-corrected chi connectivity index (χ0v) is 19.4. The average Bonchev–Trinajstić information content (AvgIpc) is 3.51. The normalized spacial score (nSPS) is 20.9. The molecule has 6 nitrogen and oxygen atoms in total. The standard InChI is InChI=1S/C27H19FN2O4S/c1-14-11-17-12-16(7-10-20(17)34-14)24(31)22-23(15-5-3-2-4-6-15)30(26(33)25(22)32)27-29-19-9-8-18(28)13-21(19)35-27/h2-10,12-14,23,31H,11H2,1H3/b24-22-. The number of hydrogen-bond acceptors (Lipinski definition) is 6. The molecule has 1 aromatic heterocycles. The number of nitrogens with zero attached hydrogens (tertiary/aromatic N) is 2. The molecular formula is C27H19FN2O4S. The molecule has 174 valence electrons. The Morgan fingerprint density at radius 1 is 1.11 bits per heavy atom. The first-order valence-electron chi connectivity index (χ1n) is 11.1. The van der Waals surface area contributed by atoms with Crippen LogP contribution in [0.2, 0.25) is 0 Å². The highest BCUT2D eigenvalue weighted by Crippen LogP contribution is 2.44. The van der Waals surface area contributed by atoms with E-state index in [0.29, 0.717) is 27.8 Å². The second-order valence-electron chi connectivity index (χ2n) is 8.64. The first-order valence-corrected chi connectivity index (χ1v) is 11.9. The molecule has 4 aromatic rings. The summed E-state index contributed by atoms with van der Waals surface area (Å²) < 4.78 is 20.1. The zero-order chi connectivity index (χ0) is 24.3. The minimum absolute atomic E-state index is 0.0152. The number of Topliss-reactive ketones (excluding diaryl/α,β-unsaturated/α-hetero) is 1. The van der Waals surface area contributed by atoms with Gasteiger partial charge in [0.2, 0.25) is 0 Å². The van der Waals surface area contributed by atoms with E-state index in [1.165, 1.54) is 23.1 Å². The SMILES string of the molecule is CC1Cc2cc(/C(O)=C3/C(=O)C(=O)N(c4nc5ccc(F)cc5s4)C3c3ccccc3)ccc2O1. The summed E-state index contributed by atoms with van der Waals surface area (Å²) in [6, 6.07) is 17.6. The number of benzene rings is 3. The molecule has 0 radical (unpaired) electrons. The lowest BCUT2D eigenvalue weighted by Gasteiger charge is -2.23. The van der Waals surface area contributed by atoms with Crippen LogP contribution in [-0.4, -0.2) is 27.9 Å². The summed E-state index contributed by atoms with van der Waals surface area (Å²) in [5.74, 6) is -1.51. The third-order valence-electron chi connectivity index (χ3n) is 6.27. The van der Waals surface area contributed by atoms with Crippen LogP contribution in [0.1, 0.15) is 29.7 Å². The predicted molar refractivity (Wildman–Crippen MR) is 131 cm³/mol. The van der Waals surface area contributed by atoms with Crippen LogP contribution in [0.5, 0.6) is 5.75 Å². The van der Waals surface area contributed by atoms with E-state index in [4.69, 9.17) is 4.74 Å². The number of ketones is 1. The van der Waals surface area contributed by atoms with Gasteiger partial charge in [-0.2, -0.15) is 0 Å². The second kappa shape index (κ2) is 8.02. The molecule has 6 rings (SSSR count). The van der Waals surface area contributed by atoms with E-state index in [0.717, 1.165) is 22.6 Å². The van der Waals surface area contributed by atoms with Gasteiger partial charge in [-0.1, -0.05) is 41.7 Å². The Balaban J connectivity index is 1.53. The van der Waals surface area contributed by atoms with Crippen LogP contribution >= 0.6 is 11.3 Å². The van der Waals surface area contributed by atoms with Crippen molar-refractivity contribution in [1.29, 1.82) is 0 Å². The van der Waals surface area contributed by atoms with Gasteiger partial charge in [0.1, 0.15) is 23.4 Å². The van der Waals surface area contributed by atoms with E-state index in [-0.39, 0.29) is 22.6 Å².